The van der Waals surface area contributed by atoms with Gasteiger partial charge in [0, 0.05) is 6.26 Å². The van der Waals surface area contributed by atoms with E-state index >= 15 is 0 Å². The van der Waals surface area contributed by atoms with Crippen LogP contribution in [0.15, 0.2) is 42.5 Å². The molecule has 0 aromatic heterocycles. The highest BCUT2D eigenvalue weighted by Gasteiger charge is 2.28. The first-order valence-electron chi connectivity index (χ1n) is 9.41. The summed E-state index contributed by atoms with van der Waals surface area (Å²) in [5.74, 6) is -4.71. The number of carbonyl (C=O) groups excluding carboxylic acids is 2. The number of hydrogen-bond acceptors (Lipinski definition) is 8. The average Bonchev–Trinajstić information content (AvgIpc) is 2.69. The molecule has 1 unspecified atom stereocenters. The zero-order valence-corrected chi connectivity index (χ0v) is 18.8. The van der Waals surface area contributed by atoms with Gasteiger partial charge in [-0.15, -0.1) is 0 Å². The monoisotopic (exact) mass is 485 g/mol. The summed E-state index contributed by atoms with van der Waals surface area (Å²) in [7, 11) is -7.86. The summed E-state index contributed by atoms with van der Waals surface area (Å²) in [6.07, 6.45) is -0.187. The maximum atomic E-state index is 12.3. The Balaban J connectivity index is 2.01. The molecule has 2 aromatic rings. The second-order valence-corrected chi connectivity index (χ2v) is 11.3. The van der Waals surface area contributed by atoms with Crippen molar-refractivity contribution >= 4 is 48.4 Å². The van der Waals surface area contributed by atoms with Crippen LogP contribution >= 0.6 is 0 Å². The van der Waals surface area contributed by atoms with Crippen LogP contribution in [-0.2, 0) is 45.4 Å². The summed E-state index contributed by atoms with van der Waals surface area (Å²) >= 11 is 0. The van der Waals surface area contributed by atoms with Gasteiger partial charge in [0.2, 0.25) is 10.0 Å². The Morgan fingerprint density at radius 1 is 1.00 bits per heavy atom. The molecule has 0 saturated heterocycles. The number of carbonyl (C=O) groups is 3. The number of aliphatic carboxylic acids is 1. The topological polar surface area (TPSA) is 161 Å². The number of sulfone groups is 1. The third kappa shape index (κ3) is 8.36. The Morgan fingerprint density at radius 2 is 1.66 bits per heavy atom. The van der Waals surface area contributed by atoms with E-state index in [4.69, 9.17) is 9.84 Å². The number of sulfonamides is 1. The Kier molecular flexibility index (Phi) is 8.47. The summed E-state index contributed by atoms with van der Waals surface area (Å²) in [5, 5.41) is 10.7. The fourth-order valence-corrected chi connectivity index (χ4v) is 5.69. The first kappa shape index (κ1) is 25.4. The minimum absolute atomic E-state index is 0.141. The fraction of sp³-hybridized carbons (Fsp3) is 0.350. The molecule has 10 nitrogen and oxygen atoms in total. The quantitative estimate of drug-likeness (QED) is 0.403. The molecule has 2 rings (SSSR count). The molecule has 12 heteroatoms. The molecule has 32 heavy (non-hydrogen) atoms. The van der Waals surface area contributed by atoms with Gasteiger partial charge in [-0.05, 0) is 16.3 Å². The highest BCUT2D eigenvalue weighted by Crippen LogP contribution is 2.19. The smallest absolute Gasteiger partial charge is 0.310 e. The summed E-state index contributed by atoms with van der Waals surface area (Å²) in [6.45, 7) is -0.837. The van der Waals surface area contributed by atoms with Crippen LogP contribution in [0.25, 0.3) is 10.8 Å². The number of Topliss-reactive ketones (excluding diaryl/α,β-unsaturated/α-hetero) is 1. The first-order chi connectivity index (χ1) is 14.9. The summed E-state index contributed by atoms with van der Waals surface area (Å²) in [5.41, 5.74) is 0.670. The van der Waals surface area contributed by atoms with Gasteiger partial charge in [0.1, 0.15) is 9.84 Å². The van der Waals surface area contributed by atoms with Crippen molar-refractivity contribution in [1.29, 1.82) is 0 Å². The van der Waals surface area contributed by atoms with Crippen molar-refractivity contribution in [2.75, 3.05) is 24.4 Å². The molecule has 0 aliphatic heterocycles. The van der Waals surface area contributed by atoms with Crippen molar-refractivity contribution in [3.05, 3.63) is 48.0 Å². The highest BCUT2D eigenvalue weighted by atomic mass is 32.2. The lowest BCUT2D eigenvalue weighted by molar-refractivity contribution is -0.148. The van der Waals surface area contributed by atoms with Crippen LogP contribution in [-0.4, -0.2) is 70.1 Å². The van der Waals surface area contributed by atoms with Crippen LogP contribution in [0.1, 0.15) is 12.0 Å². The van der Waals surface area contributed by atoms with Gasteiger partial charge in [0.25, 0.3) is 0 Å². The minimum atomic E-state index is -4.27. The van der Waals surface area contributed by atoms with E-state index in [1.807, 2.05) is 35.1 Å². The molecule has 174 valence electrons. The van der Waals surface area contributed by atoms with Gasteiger partial charge in [-0.2, -0.15) is 0 Å². The Bertz CT molecular complexity index is 1220. The molecule has 1 atom stereocenters. The normalized spacial score (nSPS) is 12.9. The number of ketones is 1. The van der Waals surface area contributed by atoms with Crippen LogP contribution in [0, 0.1) is 0 Å². The fourth-order valence-electron chi connectivity index (χ4n) is 2.84. The van der Waals surface area contributed by atoms with Gasteiger partial charge in [-0.1, -0.05) is 42.5 Å². The number of carboxylic acids is 1. The molecule has 0 radical (unpaired) electrons. The van der Waals surface area contributed by atoms with E-state index < -0.39 is 68.2 Å². The maximum Gasteiger partial charge on any atom is 0.310 e. The van der Waals surface area contributed by atoms with Crippen LogP contribution < -0.4 is 4.72 Å². The molecule has 0 heterocycles. The Hall–Kier alpha value is -2.83. The zero-order chi connectivity index (χ0) is 23.9. The number of hydrogen-bond donors (Lipinski definition) is 2. The predicted molar refractivity (Wildman–Crippen MR) is 116 cm³/mol. The predicted octanol–water partition coefficient (Wildman–Crippen LogP) is 0.302. The number of nitrogens with one attached hydrogen (secondary N) is 1. The van der Waals surface area contributed by atoms with Gasteiger partial charge >= 0.3 is 11.9 Å². The molecule has 0 aliphatic rings. The standard InChI is InChI=1S/C20H23NO9S2/c1-31(26,27)9-10-32(28,29)21-17(12-19(23)24)18(22)13-30-20(25)11-15-7-4-6-14-5-2-3-8-16(14)15/h2-8,17,21H,9-13H2,1H3,(H,23,24). The van der Waals surface area contributed by atoms with E-state index in [9.17, 15) is 31.2 Å². The van der Waals surface area contributed by atoms with E-state index in [0.717, 1.165) is 17.0 Å². The van der Waals surface area contributed by atoms with Gasteiger partial charge in [0.05, 0.1) is 30.4 Å². The average molecular weight is 486 g/mol. The molecule has 2 N–H and O–H groups in total. The molecular formula is C20H23NO9S2. The van der Waals surface area contributed by atoms with Crippen molar-refractivity contribution in [3.8, 4) is 0 Å². The summed E-state index contributed by atoms with van der Waals surface area (Å²) in [4.78, 5) is 35.6. The van der Waals surface area contributed by atoms with E-state index in [0.29, 0.717) is 5.56 Å². The molecule has 0 spiro atoms. The van der Waals surface area contributed by atoms with Crippen molar-refractivity contribution in [3.63, 3.8) is 0 Å². The molecule has 0 aliphatic carbocycles. The molecule has 2 aromatic carbocycles. The number of fused-ring (bicyclic) bond motifs is 1. The number of esters is 1. The second kappa shape index (κ2) is 10.7. The highest BCUT2D eigenvalue weighted by molar-refractivity contribution is 7.93. The van der Waals surface area contributed by atoms with Gasteiger partial charge in [-0.3, -0.25) is 14.4 Å². The number of carboxylic acid groups (broad SMARTS) is 1. The number of rotatable bonds is 12. The second-order valence-electron chi connectivity index (χ2n) is 7.16. The molecular weight excluding hydrogens is 462 g/mol. The lowest BCUT2D eigenvalue weighted by Crippen LogP contribution is -2.45. The SMILES string of the molecule is CS(=O)(=O)CCS(=O)(=O)NC(CC(=O)O)C(=O)COC(=O)Cc1cccc2ccccc12. The number of benzene rings is 2. The molecule has 0 fully saturated rings. The van der Waals surface area contributed by atoms with Gasteiger partial charge in [0.15, 0.2) is 12.4 Å². The van der Waals surface area contributed by atoms with Crippen LogP contribution in [0.5, 0.6) is 0 Å². The molecule has 0 bridgehead atoms. The minimum Gasteiger partial charge on any atom is -0.481 e. The summed E-state index contributed by atoms with van der Waals surface area (Å²) in [6, 6.07) is 11.0. The van der Waals surface area contributed by atoms with Gasteiger partial charge < -0.3 is 9.84 Å². The molecule has 0 amide bonds. The van der Waals surface area contributed by atoms with Crippen molar-refractivity contribution < 1.29 is 41.1 Å². The van der Waals surface area contributed by atoms with Crippen molar-refractivity contribution in [2.24, 2.45) is 0 Å². The van der Waals surface area contributed by atoms with Gasteiger partial charge in [-0.25, -0.2) is 21.6 Å². The molecule has 0 saturated carbocycles. The van der Waals surface area contributed by atoms with E-state index in [1.165, 1.54) is 0 Å². The van der Waals surface area contributed by atoms with Crippen LogP contribution in [0.2, 0.25) is 0 Å². The van der Waals surface area contributed by atoms with Crippen LogP contribution in [0.3, 0.4) is 0 Å². The van der Waals surface area contributed by atoms with E-state index in [2.05, 4.69) is 0 Å². The Labute approximate surface area is 185 Å². The van der Waals surface area contributed by atoms with E-state index in [1.54, 1.807) is 12.1 Å². The first-order valence-corrected chi connectivity index (χ1v) is 13.1. The lowest BCUT2D eigenvalue weighted by atomic mass is 10.0. The maximum absolute atomic E-state index is 12.3. The zero-order valence-electron chi connectivity index (χ0n) is 17.2. The lowest BCUT2D eigenvalue weighted by Gasteiger charge is -2.16. The van der Waals surface area contributed by atoms with Crippen LogP contribution in [0.4, 0.5) is 0 Å². The largest absolute Gasteiger partial charge is 0.481 e. The van der Waals surface area contributed by atoms with Crippen molar-refractivity contribution in [2.45, 2.75) is 18.9 Å². The third-order valence-electron chi connectivity index (χ3n) is 4.40. The van der Waals surface area contributed by atoms with E-state index in [-0.39, 0.29) is 6.42 Å². The Morgan fingerprint density at radius 3 is 2.31 bits per heavy atom. The number of ether oxygens (including phenoxy) is 1. The van der Waals surface area contributed by atoms with Crippen molar-refractivity contribution in [1.82, 2.24) is 4.72 Å². The third-order valence-corrected chi connectivity index (χ3v) is 6.99. The summed E-state index contributed by atoms with van der Waals surface area (Å²) < 4.78 is 53.3.